The molecule has 0 spiro atoms. The molecule has 1 aliphatic heterocycles. The van der Waals surface area contributed by atoms with E-state index in [4.69, 9.17) is 17.0 Å². The van der Waals surface area contributed by atoms with Crippen molar-refractivity contribution in [3.63, 3.8) is 0 Å². The number of ether oxygens (including phenoxy) is 1. The van der Waals surface area contributed by atoms with E-state index >= 15 is 0 Å². The molecule has 0 saturated carbocycles. The number of aromatic amines is 1. The van der Waals surface area contributed by atoms with Crippen LogP contribution in [0.1, 0.15) is 32.7 Å². The number of fused-ring (bicyclic) bond motifs is 3. The van der Waals surface area contributed by atoms with Crippen LogP contribution in [0.2, 0.25) is 0 Å². The number of hydrogen-bond donors (Lipinski definition) is 2. The van der Waals surface area contributed by atoms with Crippen molar-refractivity contribution in [2.45, 2.75) is 26.3 Å². The van der Waals surface area contributed by atoms with E-state index in [1.807, 2.05) is 0 Å². The highest BCUT2D eigenvalue weighted by atomic mass is 19.1. The van der Waals surface area contributed by atoms with Gasteiger partial charge in [-0.2, -0.15) is 0 Å². The van der Waals surface area contributed by atoms with E-state index in [0.29, 0.717) is 16.6 Å². The SMILES string of the molecule is [C-]#[N+]c1cc(F)c(CN(Cc2c(F)cccc2F)C(=O)c2cc3nc(N)c4c(c3[nH]2)COC4)c(F)c1. The number of pyridine rings is 1. The van der Waals surface area contributed by atoms with E-state index in [2.05, 4.69) is 14.8 Å². The van der Waals surface area contributed by atoms with Crippen LogP contribution >= 0.6 is 0 Å². The van der Waals surface area contributed by atoms with E-state index in [1.54, 1.807) is 0 Å². The minimum Gasteiger partial charge on any atom is -0.383 e. The van der Waals surface area contributed by atoms with E-state index < -0.39 is 53.4 Å². The number of rotatable bonds is 5. The molecular weight excluding hydrogens is 478 g/mol. The first-order chi connectivity index (χ1) is 17.3. The lowest BCUT2D eigenvalue weighted by Gasteiger charge is -2.23. The largest absolute Gasteiger partial charge is 0.383 e. The van der Waals surface area contributed by atoms with Crippen molar-refractivity contribution in [1.82, 2.24) is 14.9 Å². The lowest BCUT2D eigenvalue weighted by molar-refractivity contribution is 0.0718. The Morgan fingerprint density at radius 3 is 2.28 bits per heavy atom. The van der Waals surface area contributed by atoms with E-state index in [9.17, 15) is 22.4 Å². The fourth-order valence-corrected chi connectivity index (χ4v) is 4.20. The lowest BCUT2D eigenvalue weighted by atomic mass is 10.1. The second-order valence-electron chi connectivity index (χ2n) is 8.25. The second kappa shape index (κ2) is 8.98. The Bertz CT molecular complexity index is 1530. The van der Waals surface area contributed by atoms with Gasteiger partial charge >= 0.3 is 0 Å². The maximum atomic E-state index is 14.7. The maximum Gasteiger partial charge on any atom is 0.270 e. The quantitative estimate of drug-likeness (QED) is 0.297. The number of H-pyrrole nitrogens is 1. The molecule has 5 rings (SSSR count). The summed E-state index contributed by atoms with van der Waals surface area (Å²) in [7, 11) is 0. The number of anilines is 1. The highest BCUT2D eigenvalue weighted by Crippen LogP contribution is 2.32. The fraction of sp³-hybridized carbons (Fsp3) is 0.160. The van der Waals surface area contributed by atoms with Crippen molar-refractivity contribution in [3.05, 3.63) is 99.0 Å². The van der Waals surface area contributed by atoms with Crippen molar-refractivity contribution in [2.24, 2.45) is 0 Å². The average molecular weight is 495 g/mol. The Morgan fingerprint density at radius 2 is 1.64 bits per heavy atom. The number of halogens is 4. The van der Waals surface area contributed by atoms with Crippen LogP contribution in [0.3, 0.4) is 0 Å². The zero-order valence-electron chi connectivity index (χ0n) is 18.5. The molecule has 3 heterocycles. The Morgan fingerprint density at radius 1 is 1.03 bits per heavy atom. The van der Waals surface area contributed by atoms with E-state index in [1.165, 1.54) is 12.1 Å². The van der Waals surface area contributed by atoms with Gasteiger partial charge in [-0.1, -0.05) is 6.07 Å². The summed E-state index contributed by atoms with van der Waals surface area (Å²) >= 11 is 0. The summed E-state index contributed by atoms with van der Waals surface area (Å²) in [5.41, 5.74) is 7.04. The Kier molecular flexibility index (Phi) is 5.81. The van der Waals surface area contributed by atoms with Crippen molar-refractivity contribution in [2.75, 3.05) is 5.73 Å². The third kappa shape index (κ3) is 4.01. The van der Waals surface area contributed by atoms with Crippen molar-refractivity contribution in [1.29, 1.82) is 0 Å². The highest BCUT2D eigenvalue weighted by molar-refractivity contribution is 5.98. The van der Waals surface area contributed by atoms with Crippen LogP contribution < -0.4 is 5.73 Å². The minimum atomic E-state index is -1.06. The molecule has 0 bridgehead atoms. The molecule has 7 nitrogen and oxygen atoms in total. The smallest absolute Gasteiger partial charge is 0.270 e. The molecule has 3 N–H and O–H groups in total. The highest BCUT2D eigenvalue weighted by Gasteiger charge is 2.27. The van der Waals surface area contributed by atoms with Crippen LogP contribution in [-0.2, 0) is 31.0 Å². The number of aromatic nitrogens is 2. The van der Waals surface area contributed by atoms with E-state index in [0.717, 1.165) is 34.7 Å². The molecule has 36 heavy (non-hydrogen) atoms. The van der Waals surface area contributed by atoms with Gasteiger partial charge in [-0.05, 0) is 30.3 Å². The van der Waals surface area contributed by atoms with Crippen molar-refractivity contribution >= 4 is 28.4 Å². The number of nitrogens with two attached hydrogens (primary N) is 1. The Labute approximate surface area is 201 Å². The number of nitrogens with zero attached hydrogens (tertiary/aromatic N) is 3. The summed E-state index contributed by atoms with van der Waals surface area (Å²) < 4.78 is 63.6. The number of hydrogen-bond acceptors (Lipinski definition) is 4. The van der Waals surface area contributed by atoms with Crippen molar-refractivity contribution < 1.29 is 27.1 Å². The van der Waals surface area contributed by atoms with Gasteiger partial charge in [0.15, 0.2) is 5.69 Å². The molecule has 0 radical (unpaired) electrons. The summed E-state index contributed by atoms with van der Waals surface area (Å²) in [6.45, 7) is 6.20. The van der Waals surface area contributed by atoms with Gasteiger partial charge < -0.3 is 20.4 Å². The number of amides is 1. The third-order valence-electron chi connectivity index (χ3n) is 6.04. The molecule has 0 unspecified atom stereocenters. The van der Waals surface area contributed by atoms with Gasteiger partial charge in [0.1, 0.15) is 34.8 Å². The summed E-state index contributed by atoms with van der Waals surface area (Å²) in [5, 5.41) is 0. The topological polar surface area (TPSA) is 88.6 Å². The van der Waals surface area contributed by atoms with Gasteiger partial charge in [-0.15, -0.1) is 0 Å². The third-order valence-corrected chi connectivity index (χ3v) is 6.04. The number of benzene rings is 2. The molecule has 0 atom stereocenters. The summed E-state index contributed by atoms with van der Waals surface area (Å²) in [4.78, 5) is 24.7. The minimum absolute atomic E-state index is 0.0208. The molecule has 4 aromatic rings. The molecule has 182 valence electrons. The molecule has 0 saturated heterocycles. The molecule has 11 heteroatoms. The molecule has 1 aliphatic rings. The van der Waals surface area contributed by atoms with Crippen LogP contribution in [0.25, 0.3) is 15.9 Å². The normalized spacial score (nSPS) is 12.5. The van der Waals surface area contributed by atoms with Crippen LogP contribution in [-0.4, -0.2) is 20.8 Å². The van der Waals surface area contributed by atoms with Crippen LogP contribution in [0.15, 0.2) is 36.4 Å². The summed E-state index contributed by atoms with van der Waals surface area (Å²) in [5.74, 6) is -4.49. The second-order valence-corrected chi connectivity index (χ2v) is 8.25. The van der Waals surface area contributed by atoms with E-state index in [-0.39, 0.29) is 30.4 Å². The van der Waals surface area contributed by atoms with Gasteiger partial charge in [-0.3, -0.25) is 4.79 Å². The van der Waals surface area contributed by atoms with Gasteiger partial charge in [-0.25, -0.2) is 27.4 Å². The van der Waals surface area contributed by atoms with Crippen molar-refractivity contribution in [3.8, 4) is 0 Å². The Balaban J connectivity index is 1.58. The Hall–Kier alpha value is -4.43. The maximum absolute atomic E-state index is 14.7. The molecule has 0 aliphatic carbocycles. The standard InChI is InChI=1S/C25H17F4N5O2/c1-31-12-5-19(28)14(20(29)6-12)9-34(8-13-17(26)3-2-4-18(13)27)25(35)22-7-21-23(32-22)15-10-36-11-16(15)24(30)33-21/h2-7,32H,8-11H2,(H2,30,33). The molecule has 2 aromatic heterocycles. The van der Waals surface area contributed by atoms with Crippen LogP contribution in [0.5, 0.6) is 0 Å². The summed E-state index contributed by atoms with van der Waals surface area (Å²) in [6, 6.07) is 6.27. The summed E-state index contributed by atoms with van der Waals surface area (Å²) in [6.07, 6.45) is 0. The first-order valence-corrected chi connectivity index (χ1v) is 10.7. The zero-order chi connectivity index (χ0) is 25.6. The molecular formula is C25H17F4N5O2. The first-order valence-electron chi connectivity index (χ1n) is 10.7. The predicted octanol–water partition coefficient (Wildman–Crippen LogP) is 5.13. The number of carbonyl (C=O) groups is 1. The number of nitrogens with one attached hydrogen (secondary N) is 1. The van der Waals surface area contributed by atoms with Gasteiger partial charge in [0, 0.05) is 22.3 Å². The van der Waals surface area contributed by atoms with Gasteiger partial charge in [0.25, 0.3) is 5.91 Å². The van der Waals surface area contributed by atoms with Gasteiger partial charge in [0.2, 0.25) is 0 Å². The fourth-order valence-electron chi connectivity index (χ4n) is 4.20. The zero-order valence-corrected chi connectivity index (χ0v) is 18.5. The first kappa shape index (κ1) is 23.3. The predicted molar refractivity (Wildman–Crippen MR) is 122 cm³/mol. The lowest BCUT2D eigenvalue weighted by Crippen LogP contribution is -2.32. The van der Waals surface area contributed by atoms with Crippen LogP contribution in [0.4, 0.5) is 29.1 Å². The van der Waals surface area contributed by atoms with Crippen LogP contribution in [0, 0.1) is 29.8 Å². The molecule has 0 fully saturated rings. The van der Waals surface area contributed by atoms with Gasteiger partial charge in [0.05, 0.1) is 43.9 Å². The monoisotopic (exact) mass is 495 g/mol. The average Bonchev–Trinajstić information content (AvgIpc) is 3.49. The molecule has 2 aromatic carbocycles. The molecule has 1 amide bonds. The number of carbonyl (C=O) groups excluding carboxylic acids is 1. The number of nitrogen functional groups attached to an aromatic ring is 1.